The molecule has 0 aliphatic carbocycles. The highest BCUT2D eigenvalue weighted by molar-refractivity contribution is 6.31. The average molecular weight is 279 g/mol. The van der Waals surface area contributed by atoms with Crippen LogP contribution in [-0.4, -0.2) is 11.5 Å². The molecule has 2 aromatic rings. The number of halogens is 2. The Balaban J connectivity index is 2.30. The van der Waals surface area contributed by atoms with Gasteiger partial charge in [0, 0.05) is 29.0 Å². The van der Waals surface area contributed by atoms with E-state index in [1.807, 2.05) is 19.1 Å². The Labute approximate surface area is 117 Å². The second-order valence-corrected chi connectivity index (χ2v) is 4.72. The number of nitrogens with zero attached hydrogens (tertiary/aromatic N) is 1. The number of hydrogen-bond donors (Lipinski definition) is 1. The number of likely N-dealkylation sites (N-methyl/N-ethyl adjacent to an activating group) is 1. The van der Waals surface area contributed by atoms with Crippen molar-refractivity contribution in [1.82, 2.24) is 10.3 Å². The Morgan fingerprint density at radius 3 is 2.79 bits per heavy atom. The van der Waals surface area contributed by atoms with E-state index in [1.54, 1.807) is 24.5 Å². The highest BCUT2D eigenvalue weighted by Crippen LogP contribution is 2.28. The molecule has 1 unspecified atom stereocenters. The molecular formula is C15H16ClFN2. The van der Waals surface area contributed by atoms with Gasteiger partial charge in [-0.1, -0.05) is 30.7 Å². The molecule has 1 aromatic heterocycles. The summed E-state index contributed by atoms with van der Waals surface area (Å²) in [6.45, 7) is 2.74. The zero-order valence-corrected chi connectivity index (χ0v) is 11.5. The van der Waals surface area contributed by atoms with E-state index >= 15 is 0 Å². The van der Waals surface area contributed by atoms with Crippen molar-refractivity contribution in [2.75, 3.05) is 6.54 Å². The summed E-state index contributed by atoms with van der Waals surface area (Å²) in [5.74, 6) is -0.276. The Kier molecular flexibility index (Phi) is 4.88. The summed E-state index contributed by atoms with van der Waals surface area (Å²) in [7, 11) is 0. The van der Waals surface area contributed by atoms with E-state index in [-0.39, 0.29) is 11.9 Å². The lowest BCUT2D eigenvalue weighted by molar-refractivity contribution is 0.510. The van der Waals surface area contributed by atoms with Gasteiger partial charge in [0.1, 0.15) is 5.82 Å². The lowest BCUT2D eigenvalue weighted by atomic mass is 9.99. The maximum Gasteiger partial charge on any atom is 0.129 e. The van der Waals surface area contributed by atoms with Gasteiger partial charge in [-0.3, -0.25) is 4.98 Å². The summed E-state index contributed by atoms with van der Waals surface area (Å²) < 4.78 is 14.0. The molecule has 0 radical (unpaired) electrons. The first-order chi connectivity index (χ1) is 9.22. The van der Waals surface area contributed by atoms with Crippen molar-refractivity contribution in [2.24, 2.45) is 0 Å². The quantitative estimate of drug-likeness (QED) is 0.901. The van der Waals surface area contributed by atoms with Gasteiger partial charge >= 0.3 is 0 Å². The predicted molar refractivity (Wildman–Crippen MR) is 75.8 cm³/mol. The summed E-state index contributed by atoms with van der Waals surface area (Å²) in [6.07, 6.45) is 4.17. The van der Waals surface area contributed by atoms with Crippen LogP contribution < -0.4 is 5.32 Å². The van der Waals surface area contributed by atoms with Gasteiger partial charge < -0.3 is 5.32 Å². The lowest BCUT2D eigenvalue weighted by Gasteiger charge is -2.20. The van der Waals surface area contributed by atoms with Crippen LogP contribution in [0.15, 0.2) is 42.7 Å². The van der Waals surface area contributed by atoms with Gasteiger partial charge in [-0.25, -0.2) is 4.39 Å². The third kappa shape index (κ3) is 3.52. The van der Waals surface area contributed by atoms with Crippen LogP contribution in [0.2, 0.25) is 5.02 Å². The average Bonchev–Trinajstić information content (AvgIpc) is 2.40. The first-order valence-electron chi connectivity index (χ1n) is 6.28. The highest BCUT2D eigenvalue weighted by Gasteiger charge is 2.18. The zero-order chi connectivity index (χ0) is 13.7. The summed E-state index contributed by atoms with van der Waals surface area (Å²) >= 11 is 6.13. The largest absolute Gasteiger partial charge is 0.310 e. The summed E-state index contributed by atoms with van der Waals surface area (Å²) in [6, 6.07) is 8.48. The van der Waals surface area contributed by atoms with Gasteiger partial charge in [-0.15, -0.1) is 0 Å². The summed E-state index contributed by atoms with van der Waals surface area (Å²) in [4.78, 5) is 4.08. The molecule has 2 nitrogen and oxygen atoms in total. The van der Waals surface area contributed by atoms with Gasteiger partial charge in [-0.2, -0.15) is 0 Å². The van der Waals surface area contributed by atoms with Crippen LogP contribution in [0.5, 0.6) is 0 Å². The second-order valence-electron chi connectivity index (χ2n) is 4.31. The van der Waals surface area contributed by atoms with E-state index in [0.717, 1.165) is 12.1 Å². The molecule has 4 heteroatoms. The molecule has 0 aliphatic rings. The smallest absolute Gasteiger partial charge is 0.129 e. The number of benzene rings is 1. The fourth-order valence-corrected chi connectivity index (χ4v) is 2.42. The molecule has 2 rings (SSSR count). The zero-order valence-electron chi connectivity index (χ0n) is 10.7. The molecule has 0 bridgehead atoms. The van der Waals surface area contributed by atoms with Crippen molar-refractivity contribution < 1.29 is 4.39 Å². The number of rotatable bonds is 5. The molecule has 1 heterocycles. The Bertz CT molecular complexity index is 511. The van der Waals surface area contributed by atoms with Gasteiger partial charge in [-0.05, 0) is 36.7 Å². The van der Waals surface area contributed by atoms with Crippen LogP contribution in [0.4, 0.5) is 4.39 Å². The predicted octanol–water partition coefficient (Wildman–Crippen LogP) is 3.77. The maximum absolute atomic E-state index is 14.0. The first kappa shape index (κ1) is 14.0. The van der Waals surface area contributed by atoms with E-state index in [1.165, 1.54) is 6.07 Å². The molecule has 0 amide bonds. The monoisotopic (exact) mass is 278 g/mol. The van der Waals surface area contributed by atoms with Crippen molar-refractivity contribution in [3.63, 3.8) is 0 Å². The molecule has 0 spiro atoms. The Morgan fingerprint density at radius 2 is 2.16 bits per heavy atom. The van der Waals surface area contributed by atoms with Crippen molar-refractivity contribution in [2.45, 2.75) is 19.4 Å². The molecule has 1 N–H and O–H groups in total. The number of aromatic nitrogens is 1. The molecule has 0 saturated carbocycles. The van der Waals surface area contributed by atoms with Gasteiger partial charge in [0.25, 0.3) is 0 Å². The van der Waals surface area contributed by atoms with Crippen molar-refractivity contribution in [3.05, 3.63) is 64.7 Å². The third-order valence-corrected chi connectivity index (χ3v) is 3.29. The molecule has 100 valence electrons. The Hall–Kier alpha value is -1.45. The molecule has 0 fully saturated rings. The van der Waals surface area contributed by atoms with E-state index < -0.39 is 0 Å². The molecule has 1 aromatic carbocycles. The van der Waals surface area contributed by atoms with Crippen LogP contribution >= 0.6 is 11.6 Å². The van der Waals surface area contributed by atoms with Crippen LogP contribution in [0.3, 0.4) is 0 Å². The fourth-order valence-electron chi connectivity index (χ4n) is 2.12. The maximum atomic E-state index is 14.0. The van der Waals surface area contributed by atoms with Crippen LogP contribution in [0, 0.1) is 5.82 Å². The van der Waals surface area contributed by atoms with Gasteiger partial charge in [0.2, 0.25) is 0 Å². The molecular weight excluding hydrogens is 263 g/mol. The fraction of sp³-hybridized carbons (Fsp3) is 0.267. The topological polar surface area (TPSA) is 24.9 Å². The van der Waals surface area contributed by atoms with E-state index in [4.69, 9.17) is 11.6 Å². The van der Waals surface area contributed by atoms with Crippen LogP contribution in [0.1, 0.15) is 24.1 Å². The minimum atomic E-state index is -0.276. The SMILES string of the molecule is CCNC(Cc1cccnc1)c1c(F)cccc1Cl. The van der Waals surface area contributed by atoms with Crippen LogP contribution in [0.25, 0.3) is 0 Å². The van der Waals surface area contributed by atoms with Crippen LogP contribution in [-0.2, 0) is 6.42 Å². The molecule has 0 saturated heterocycles. The minimum Gasteiger partial charge on any atom is -0.310 e. The van der Waals surface area contributed by atoms with E-state index in [0.29, 0.717) is 17.0 Å². The normalized spacial score (nSPS) is 12.4. The molecule has 0 aliphatic heterocycles. The first-order valence-corrected chi connectivity index (χ1v) is 6.66. The van der Waals surface area contributed by atoms with E-state index in [2.05, 4.69) is 10.3 Å². The highest BCUT2D eigenvalue weighted by atomic mass is 35.5. The standard InChI is InChI=1S/C15H16ClFN2/c1-2-19-14(9-11-5-4-8-18-10-11)15-12(16)6-3-7-13(15)17/h3-8,10,14,19H,2,9H2,1H3. The van der Waals surface area contributed by atoms with Crippen molar-refractivity contribution in [1.29, 1.82) is 0 Å². The van der Waals surface area contributed by atoms with Gasteiger partial charge in [0.15, 0.2) is 0 Å². The molecule has 19 heavy (non-hydrogen) atoms. The van der Waals surface area contributed by atoms with Gasteiger partial charge in [0.05, 0.1) is 0 Å². The summed E-state index contributed by atoms with van der Waals surface area (Å²) in [5, 5.41) is 3.73. The number of nitrogens with one attached hydrogen (secondary N) is 1. The minimum absolute atomic E-state index is 0.150. The summed E-state index contributed by atoms with van der Waals surface area (Å²) in [5.41, 5.74) is 1.57. The van der Waals surface area contributed by atoms with Crippen molar-refractivity contribution >= 4 is 11.6 Å². The number of hydrogen-bond acceptors (Lipinski definition) is 2. The van der Waals surface area contributed by atoms with E-state index in [9.17, 15) is 4.39 Å². The second kappa shape index (κ2) is 6.64. The molecule has 1 atom stereocenters. The van der Waals surface area contributed by atoms with Crippen molar-refractivity contribution in [3.8, 4) is 0 Å². The third-order valence-electron chi connectivity index (χ3n) is 2.96. The lowest BCUT2D eigenvalue weighted by Crippen LogP contribution is -2.24. The number of pyridine rings is 1. The Morgan fingerprint density at radius 1 is 1.32 bits per heavy atom.